The topological polar surface area (TPSA) is 102 Å². The van der Waals surface area contributed by atoms with Gasteiger partial charge >= 0.3 is 6.18 Å². The number of sulfonamides is 1. The number of para-hydroxylation sites is 1. The fraction of sp³-hybridized carbons (Fsp3) is 0.345. The second-order valence-corrected chi connectivity index (χ2v) is 12.2. The van der Waals surface area contributed by atoms with Crippen LogP contribution in [0.4, 0.5) is 13.2 Å². The number of rotatable bonds is 8. The number of ketones is 1. The van der Waals surface area contributed by atoms with Gasteiger partial charge in [-0.2, -0.15) is 17.5 Å². The first-order valence-corrected chi connectivity index (χ1v) is 14.6. The molecule has 0 N–H and O–H groups in total. The molecule has 1 fully saturated rings. The number of benzene rings is 1. The molecule has 0 aliphatic carbocycles. The minimum absolute atomic E-state index is 0.0117. The Hall–Kier alpha value is -3.77. The van der Waals surface area contributed by atoms with E-state index in [0.29, 0.717) is 29.4 Å². The smallest absolute Gasteiger partial charge is 0.433 e. The molecule has 5 rings (SSSR count). The van der Waals surface area contributed by atoms with Gasteiger partial charge in [0.1, 0.15) is 11.3 Å². The summed E-state index contributed by atoms with van der Waals surface area (Å²) in [6.45, 7) is 3.79. The van der Waals surface area contributed by atoms with Crippen LogP contribution in [0.25, 0.3) is 22.1 Å². The van der Waals surface area contributed by atoms with Crippen molar-refractivity contribution >= 4 is 26.8 Å². The van der Waals surface area contributed by atoms with Crippen molar-refractivity contribution in [3.8, 4) is 11.1 Å². The van der Waals surface area contributed by atoms with Gasteiger partial charge in [-0.05, 0) is 56.9 Å². The summed E-state index contributed by atoms with van der Waals surface area (Å²) in [6, 6.07) is 10.9. The molecule has 4 aromatic rings. The largest absolute Gasteiger partial charge is 0.443 e. The van der Waals surface area contributed by atoms with Gasteiger partial charge in [0.15, 0.2) is 5.78 Å². The molecular weight excluding hydrogens is 559 g/mol. The molecule has 0 unspecified atom stereocenters. The number of hydrogen-bond donors (Lipinski definition) is 0. The molecule has 1 aromatic carbocycles. The zero-order valence-electron chi connectivity index (χ0n) is 22.4. The normalized spacial score (nSPS) is 16.6. The summed E-state index contributed by atoms with van der Waals surface area (Å²) < 4.78 is 74.0. The molecule has 1 atom stereocenters. The summed E-state index contributed by atoms with van der Waals surface area (Å²) in [5.41, 5.74) is -0.00977. The molecule has 0 radical (unpaired) electrons. The molecule has 216 valence electrons. The number of carbonyl (C=O) groups excluding carboxylic acids is 1. The van der Waals surface area contributed by atoms with Crippen LogP contribution in [0.1, 0.15) is 50.4 Å². The Kier molecular flexibility index (Phi) is 7.64. The lowest BCUT2D eigenvalue weighted by Gasteiger charge is -2.22. The summed E-state index contributed by atoms with van der Waals surface area (Å²) in [5.74, 6) is -0.262. The summed E-state index contributed by atoms with van der Waals surface area (Å²) in [4.78, 5) is 29.9. The van der Waals surface area contributed by atoms with E-state index in [0.717, 1.165) is 12.3 Å². The second kappa shape index (κ2) is 10.9. The van der Waals surface area contributed by atoms with Gasteiger partial charge in [-0.1, -0.05) is 24.3 Å². The number of furan rings is 1. The van der Waals surface area contributed by atoms with Crippen molar-refractivity contribution in [3.63, 3.8) is 0 Å². The third kappa shape index (κ3) is 5.71. The molecule has 1 aliphatic rings. The van der Waals surface area contributed by atoms with Crippen molar-refractivity contribution < 1.29 is 30.8 Å². The van der Waals surface area contributed by atoms with Gasteiger partial charge in [0, 0.05) is 54.0 Å². The average Bonchev–Trinajstić information content (AvgIpc) is 3.60. The van der Waals surface area contributed by atoms with Crippen LogP contribution in [0.3, 0.4) is 0 Å². The molecule has 12 heteroatoms. The Labute approximate surface area is 234 Å². The first-order valence-electron chi connectivity index (χ1n) is 13.2. The van der Waals surface area contributed by atoms with Gasteiger partial charge in [0.25, 0.3) is 15.6 Å². The van der Waals surface area contributed by atoms with E-state index in [2.05, 4.69) is 4.98 Å². The van der Waals surface area contributed by atoms with Crippen molar-refractivity contribution in [1.29, 1.82) is 0 Å². The lowest BCUT2D eigenvalue weighted by Crippen LogP contribution is -2.40. The highest BCUT2D eigenvalue weighted by Gasteiger charge is 2.40. The molecule has 8 nitrogen and oxygen atoms in total. The predicted octanol–water partition coefficient (Wildman–Crippen LogP) is 5.61. The van der Waals surface area contributed by atoms with Crippen molar-refractivity contribution in [2.45, 2.75) is 62.9 Å². The molecule has 0 amide bonds. The number of aryl methyl sites for hydroxylation is 1. The Morgan fingerprint density at radius 3 is 2.56 bits per heavy atom. The van der Waals surface area contributed by atoms with E-state index in [1.165, 1.54) is 21.0 Å². The van der Waals surface area contributed by atoms with E-state index in [4.69, 9.17) is 4.42 Å². The third-order valence-electron chi connectivity index (χ3n) is 7.22. The molecule has 1 aliphatic heterocycles. The van der Waals surface area contributed by atoms with E-state index in [-0.39, 0.29) is 47.4 Å². The van der Waals surface area contributed by atoms with Crippen LogP contribution in [-0.4, -0.2) is 40.6 Å². The maximum absolute atomic E-state index is 13.4. The van der Waals surface area contributed by atoms with Gasteiger partial charge in [0.05, 0.1) is 6.04 Å². The molecule has 0 bridgehead atoms. The highest BCUT2D eigenvalue weighted by molar-refractivity contribution is 7.89. The Morgan fingerprint density at radius 2 is 1.90 bits per heavy atom. The first-order chi connectivity index (χ1) is 19.4. The number of nitrogens with zero attached hydrogens (tertiary/aromatic N) is 3. The first kappa shape index (κ1) is 28.7. The molecular formula is C29H28F3N3O5S. The van der Waals surface area contributed by atoms with E-state index < -0.39 is 33.5 Å². The van der Waals surface area contributed by atoms with Gasteiger partial charge < -0.3 is 8.98 Å². The van der Waals surface area contributed by atoms with Crippen LogP contribution < -0.4 is 5.56 Å². The highest BCUT2D eigenvalue weighted by atomic mass is 32.2. The van der Waals surface area contributed by atoms with Crippen LogP contribution >= 0.6 is 0 Å². The van der Waals surface area contributed by atoms with Gasteiger partial charge in [0.2, 0.25) is 5.09 Å². The van der Waals surface area contributed by atoms with Crippen LogP contribution in [0.15, 0.2) is 75.2 Å². The number of carbonyl (C=O) groups is 1. The minimum atomic E-state index is -4.61. The highest BCUT2D eigenvalue weighted by Crippen LogP contribution is 2.32. The number of hydrogen-bond acceptors (Lipinski definition) is 6. The average molecular weight is 588 g/mol. The summed E-state index contributed by atoms with van der Waals surface area (Å²) in [7, 11) is -4.04. The number of fused-ring (bicyclic) bond motifs is 1. The Morgan fingerprint density at radius 1 is 1.15 bits per heavy atom. The van der Waals surface area contributed by atoms with Crippen molar-refractivity contribution in [3.05, 3.63) is 82.5 Å². The quantitative estimate of drug-likeness (QED) is 0.266. The Bertz CT molecular complexity index is 1730. The van der Waals surface area contributed by atoms with Gasteiger partial charge in [-0.15, -0.1) is 0 Å². The fourth-order valence-corrected chi connectivity index (χ4v) is 6.72. The number of pyridine rings is 2. The predicted molar refractivity (Wildman–Crippen MR) is 146 cm³/mol. The monoisotopic (exact) mass is 587 g/mol. The fourth-order valence-electron chi connectivity index (χ4n) is 5.09. The zero-order valence-corrected chi connectivity index (χ0v) is 23.2. The second-order valence-electron chi connectivity index (χ2n) is 10.3. The standard InChI is InChI=1S/C29H28F3N3O5S/c1-18(2)34-17-19(14-22(28(34)37)21-10-12-26(33-16-21)29(30,31)32)9-11-24(36)23-7-5-13-35(23)41(38,39)27-15-20-6-3-4-8-25(20)40-27/h3-4,6,8,10,12,14-18,23H,5,7,9,11,13H2,1-2H3/t23-/m0/s1. The van der Waals surface area contributed by atoms with Gasteiger partial charge in [-0.3, -0.25) is 14.6 Å². The van der Waals surface area contributed by atoms with Crippen LogP contribution in [0, 0.1) is 0 Å². The SMILES string of the molecule is CC(C)n1cc(CCC(=O)[C@@H]2CCCN2S(=O)(=O)c2cc3ccccc3o2)cc(-c2ccc(C(F)(F)F)nc2)c1=O. The van der Waals surface area contributed by atoms with E-state index >= 15 is 0 Å². The van der Waals surface area contributed by atoms with Crippen LogP contribution in [0.5, 0.6) is 0 Å². The van der Waals surface area contributed by atoms with Crippen molar-refractivity contribution in [1.82, 2.24) is 13.9 Å². The number of halogens is 3. The van der Waals surface area contributed by atoms with E-state index in [1.807, 2.05) is 0 Å². The van der Waals surface area contributed by atoms with E-state index in [9.17, 15) is 31.2 Å². The molecule has 41 heavy (non-hydrogen) atoms. The lowest BCUT2D eigenvalue weighted by molar-refractivity contribution is -0.141. The number of aromatic nitrogens is 2. The maximum atomic E-state index is 13.4. The molecule has 3 aromatic heterocycles. The summed E-state index contributed by atoms with van der Waals surface area (Å²) >= 11 is 0. The third-order valence-corrected chi connectivity index (χ3v) is 8.99. The minimum Gasteiger partial charge on any atom is -0.443 e. The number of alkyl halides is 3. The molecule has 4 heterocycles. The summed E-state index contributed by atoms with van der Waals surface area (Å²) in [5, 5.41) is 0.435. The van der Waals surface area contributed by atoms with Crippen LogP contribution in [0.2, 0.25) is 0 Å². The van der Waals surface area contributed by atoms with Crippen molar-refractivity contribution in [2.24, 2.45) is 0 Å². The van der Waals surface area contributed by atoms with Crippen molar-refractivity contribution in [2.75, 3.05) is 6.54 Å². The zero-order chi connectivity index (χ0) is 29.5. The lowest BCUT2D eigenvalue weighted by atomic mass is 10.0. The Balaban J connectivity index is 1.37. The molecule has 0 saturated carbocycles. The molecule has 0 spiro atoms. The van der Waals surface area contributed by atoms with Gasteiger partial charge in [-0.25, -0.2) is 8.42 Å². The van der Waals surface area contributed by atoms with Crippen LogP contribution in [-0.2, 0) is 27.4 Å². The van der Waals surface area contributed by atoms with E-state index in [1.54, 1.807) is 50.4 Å². The summed E-state index contributed by atoms with van der Waals surface area (Å²) in [6.07, 6.45) is -0.840. The molecule has 1 saturated heterocycles. The maximum Gasteiger partial charge on any atom is 0.433 e. The number of Topliss-reactive ketones (excluding diaryl/α,β-unsaturated/α-hetero) is 1.